The Morgan fingerprint density at radius 1 is 1.40 bits per heavy atom. The van der Waals surface area contributed by atoms with Crippen LogP contribution in [0.15, 0.2) is 18.2 Å². The molecule has 0 saturated heterocycles. The maximum atomic E-state index is 6.05. The average molecular weight is 277 g/mol. The Kier molecular flexibility index (Phi) is 5.86. The van der Waals surface area contributed by atoms with Gasteiger partial charge in [0, 0.05) is 13.2 Å². The van der Waals surface area contributed by atoms with Crippen LogP contribution in [-0.2, 0) is 11.2 Å². The zero-order valence-corrected chi connectivity index (χ0v) is 12.9. The summed E-state index contributed by atoms with van der Waals surface area (Å²) in [7, 11) is 1.71. The molecule has 0 aromatic heterocycles. The minimum Gasteiger partial charge on any atom is -0.488 e. The molecule has 1 N–H and O–H groups in total. The van der Waals surface area contributed by atoms with E-state index in [1.807, 2.05) is 0 Å². The Morgan fingerprint density at radius 2 is 2.25 bits per heavy atom. The van der Waals surface area contributed by atoms with Crippen LogP contribution in [0.4, 0.5) is 0 Å². The molecule has 2 unspecified atom stereocenters. The van der Waals surface area contributed by atoms with Crippen molar-refractivity contribution in [1.29, 1.82) is 0 Å². The third-order valence-electron chi connectivity index (χ3n) is 3.83. The fraction of sp³-hybridized carbons (Fsp3) is 0.647. The van der Waals surface area contributed by atoms with Gasteiger partial charge in [-0.05, 0) is 56.3 Å². The van der Waals surface area contributed by atoms with Gasteiger partial charge < -0.3 is 14.8 Å². The van der Waals surface area contributed by atoms with Gasteiger partial charge in [0.2, 0.25) is 0 Å². The van der Waals surface area contributed by atoms with Crippen molar-refractivity contribution in [3.8, 4) is 5.75 Å². The molecule has 3 nitrogen and oxygen atoms in total. The van der Waals surface area contributed by atoms with Gasteiger partial charge in [0.25, 0.3) is 0 Å². The lowest BCUT2D eigenvalue weighted by molar-refractivity contribution is 0.0911. The topological polar surface area (TPSA) is 30.5 Å². The van der Waals surface area contributed by atoms with Crippen LogP contribution in [0, 0.1) is 0 Å². The molecule has 0 heterocycles. The monoisotopic (exact) mass is 277 g/mol. The molecule has 112 valence electrons. The van der Waals surface area contributed by atoms with E-state index in [9.17, 15) is 0 Å². The van der Waals surface area contributed by atoms with Crippen molar-refractivity contribution in [3.63, 3.8) is 0 Å². The molecule has 1 aromatic rings. The van der Waals surface area contributed by atoms with Crippen molar-refractivity contribution in [3.05, 3.63) is 29.3 Å². The number of hydrogen-bond acceptors (Lipinski definition) is 3. The average Bonchev–Trinajstić information content (AvgIpc) is 2.45. The maximum Gasteiger partial charge on any atom is 0.123 e. The number of fused-ring (bicyclic) bond motifs is 1. The summed E-state index contributed by atoms with van der Waals surface area (Å²) in [6.45, 7) is 5.97. The zero-order valence-electron chi connectivity index (χ0n) is 12.9. The molecule has 0 spiro atoms. The van der Waals surface area contributed by atoms with Crippen LogP contribution in [0.1, 0.15) is 50.3 Å². The predicted octanol–water partition coefficient (Wildman–Crippen LogP) is 3.48. The zero-order chi connectivity index (χ0) is 14.4. The normalized spacial score (nSPS) is 19.4. The Hall–Kier alpha value is -1.06. The van der Waals surface area contributed by atoms with Crippen molar-refractivity contribution in [2.45, 2.75) is 51.7 Å². The van der Waals surface area contributed by atoms with Gasteiger partial charge in [-0.3, -0.25) is 0 Å². The lowest BCUT2D eigenvalue weighted by Gasteiger charge is -2.28. The molecule has 1 aliphatic carbocycles. The SMILES string of the molecule is CCCNC1CCCc2c(OC(C)COC)cccc21. The largest absolute Gasteiger partial charge is 0.488 e. The summed E-state index contributed by atoms with van der Waals surface area (Å²) in [5, 5.41) is 3.65. The third kappa shape index (κ3) is 3.74. The highest BCUT2D eigenvalue weighted by Crippen LogP contribution is 2.35. The minimum atomic E-state index is 0.0930. The number of nitrogens with one attached hydrogen (secondary N) is 1. The van der Waals surface area contributed by atoms with E-state index in [1.165, 1.54) is 30.4 Å². The molecule has 0 radical (unpaired) electrons. The van der Waals surface area contributed by atoms with Crippen molar-refractivity contribution in [1.82, 2.24) is 5.32 Å². The van der Waals surface area contributed by atoms with E-state index >= 15 is 0 Å². The molecule has 3 heteroatoms. The summed E-state index contributed by atoms with van der Waals surface area (Å²) in [5.74, 6) is 1.04. The molecule has 0 bridgehead atoms. The van der Waals surface area contributed by atoms with E-state index in [0.717, 1.165) is 18.7 Å². The molecule has 2 atom stereocenters. The molecule has 0 saturated carbocycles. The highest BCUT2D eigenvalue weighted by atomic mass is 16.5. The van der Waals surface area contributed by atoms with Crippen LogP contribution in [0.25, 0.3) is 0 Å². The van der Waals surface area contributed by atoms with Gasteiger partial charge in [0.05, 0.1) is 6.61 Å². The number of hydrogen-bond donors (Lipinski definition) is 1. The first-order valence-electron chi connectivity index (χ1n) is 7.77. The second-order valence-electron chi connectivity index (χ2n) is 5.61. The van der Waals surface area contributed by atoms with Crippen molar-refractivity contribution in [2.75, 3.05) is 20.3 Å². The Morgan fingerprint density at radius 3 is 3.00 bits per heavy atom. The first kappa shape index (κ1) is 15.3. The molecule has 20 heavy (non-hydrogen) atoms. The minimum absolute atomic E-state index is 0.0930. The van der Waals surface area contributed by atoms with Crippen LogP contribution in [0.2, 0.25) is 0 Å². The van der Waals surface area contributed by atoms with E-state index in [1.54, 1.807) is 7.11 Å². The first-order chi connectivity index (χ1) is 9.76. The summed E-state index contributed by atoms with van der Waals surface area (Å²) in [6.07, 6.45) is 4.84. The van der Waals surface area contributed by atoms with Gasteiger partial charge in [-0.1, -0.05) is 19.1 Å². The molecule has 1 aromatic carbocycles. The standard InChI is InChI=1S/C17H27NO2/c1-4-11-18-16-9-5-8-15-14(16)7-6-10-17(15)20-13(2)12-19-3/h6-7,10,13,16,18H,4-5,8-9,11-12H2,1-3H3. The maximum absolute atomic E-state index is 6.05. The summed E-state index contributed by atoms with van der Waals surface area (Å²) in [6, 6.07) is 6.93. The molecular formula is C17H27NO2. The van der Waals surface area contributed by atoms with Crippen LogP contribution in [0.5, 0.6) is 5.75 Å². The third-order valence-corrected chi connectivity index (χ3v) is 3.83. The lowest BCUT2D eigenvalue weighted by Crippen LogP contribution is -2.27. The van der Waals surface area contributed by atoms with E-state index in [0.29, 0.717) is 12.6 Å². The summed E-state index contributed by atoms with van der Waals surface area (Å²) in [4.78, 5) is 0. The number of benzene rings is 1. The Bertz CT molecular complexity index is 419. The van der Waals surface area contributed by atoms with Crippen molar-refractivity contribution in [2.24, 2.45) is 0 Å². The second kappa shape index (κ2) is 7.65. The summed E-state index contributed by atoms with van der Waals surface area (Å²) >= 11 is 0. The quantitative estimate of drug-likeness (QED) is 0.827. The van der Waals surface area contributed by atoms with E-state index in [-0.39, 0.29) is 6.10 Å². The number of ether oxygens (including phenoxy) is 2. The van der Waals surface area contributed by atoms with E-state index in [4.69, 9.17) is 9.47 Å². The molecule has 0 fully saturated rings. The highest BCUT2D eigenvalue weighted by Gasteiger charge is 2.22. The smallest absolute Gasteiger partial charge is 0.123 e. The van der Waals surface area contributed by atoms with Crippen LogP contribution in [-0.4, -0.2) is 26.4 Å². The Balaban J connectivity index is 2.15. The summed E-state index contributed by atoms with van der Waals surface area (Å²) < 4.78 is 11.2. The molecule has 0 amide bonds. The fourth-order valence-corrected chi connectivity index (χ4v) is 2.94. The molecule has 1 aliphatic rings. The van der Waals surface area contributed by atoms with Gasteiger partial charge >= 0.3 is 0 Å². The number of rotatable bonds is 7. The lowest BCUT2D eigenvalue weighted by atomic mass is 9.87. The van der Waals surface area contributed by atoms with Gasteiger partial charge in [-0.2, -0.15) is 0 Å². The van der Waals surface area contributed by atoms with Gasteiger partial charge in [-0.25, -0.2) is 0 Å². The molecular weight excluding hydrogens is 250 g/mol. The molecule has 0 aliphatic heterocycles. The second-order valence-corrected chi connectivity index (χ2v) is 5.61. The predicted molar refractivity (Wildman–Crippen MR) is 82.4 cm³/mol. The van der Waals surface area contributed by atoms with Crippen LogP contribution >= 0.6 is 0 Å². The van der Waals surface area contributed by atoms with Crippen molar-refractivity contribution < 1.29 is 9.47 Å². The molecule has 2 rings (SSSR count). The number of methoxy groups -OCH3 is 1. The van der Waals surface area contributed by atoms with Gasteiger partial charge in [0.15, 0.2) is 0 Å². The van der Waals surface area contributed by atoms with Crippen LogP contribution in [0.3, 0.4) is 0 Å². The van der Waals surface area contributed by atoms with Gasteiger partial charge in [0.1, 0.15) is 11.9 Å². The fourth-order valence-electron chi connectivity index (χ4n) is 2.94. The van der Waals surface area contributed by atoms with E-state index < -0.39 is 0 Å². The van der Waals surface area contributed by atoms with Crippen LogP contribution < -0.4 is 10.1 Å². The van der Waals surface area contributed by atoms with Gasteiger partial charge in [-0.15, -0.1) is 0 Å². The van der Waals surface area contributed by atoms with E-state index in [2.05, 4.69) is 37.4 Å². The summed E-state index contributed by atoms with van der Waals surface area (Å²) in [5.41, 5.74) is 2.81. The van der Waals surface area contributed by atoms with Crippen molar-refractivity contribution >= 4 is 0 Å². The first-order valence-corrected chi connectivity index (χ1v) is 7.77. The Labute approximate surface area is 122 Å². The highest BCUT2D eigenvalue weighted by molar-refractivity contribution is 5.43.